The van der Waals surface area contributed by atoms with E-state index in [1.165, 1.54) is 0 Å². The van der Waals surface area contributed by atoms with Crippen molar-refractivity contribution in [1.82, 2.24) is 0 Å². The lowest BCUT2D eigenvalue weighted by atomic mass is 10.2. The lowest BCUT2D eigenvalue weighted by Crippen LogP contribution is -2.60. The van der Waals surface area contributed by atoms with Gasteiger partial charge in [-0.1, -0.05) is 0 Å². The molecular formula is C18H37F3O7Si4. The summed E-state index contributed by atoms with van der Waals surface area (Å²) in [5, 5.41) is 8.61. The molecule has 0 radical (unpaired) electrons. The summed E-state index contributed by atoms with van der Waals surface area (Å²) in [6.07, 6.45) is -6.54. The summed E-state index contributed by atoms with van der Waals surface area (Å²) in [5.41, 5.74) is 0. The quantitative estimate of drug-likeness (QED) is 0.193. The smallest absolute Gasteiger partial charge is 0.469 e. The lowest BCUT2D eigenvalue weighted by molar-refractivity contribution is -0.169. The zero-order valence-corrected chi connectivity index (χ0v) is 24.4. The number of hydrogen-bond acceptors (Lipinski definition) is 6. The molecule has 0 aliphatic rings. The molecule has 188 valence electrons. The van der Waals surface area contributed by atoms with Crippen LogP contribution in [0.4, 0.5) is 13.2 Å². The van der Waals surface area contributed by atoms with Crippen LogP contribution < -0.4 is 0 Å². The van der Waals surface area contributed by atoms with E-state index in [2.05, 4.69) is 0 Å². The molecule has 0 fully saturated rings. The molecule has 1 N–H and O–H groups in total. The molecule has 0 bridgehead atoms. The fraction of sp³-hybridized carbons (Fsp3) is 0.778. The average Bonchev–Trinajstić information content (AvgIpc) is 2.43. The third-order valence-electron chi connectivity index (χ3n) is 3.26. The van der Waals surface area contributed by atoms with Crippen molar-refractivity contribution in [3.05, 3.63) is 12.2 Å². The monoisotopic (exact) mass is 534 g/mol. The molecule has 7 nitrogen and oxygen atoms in total. The highest BCUT2D eigenvalue weighted by atomic mass is 28.5. The molecule has 0 saturated heterocycles. The van der Waals surface area contributed by atoms with Gasteiger partial charge in [-0.25, -0.2) is 9.59 Å². The first-order valence-corrected chi connectivity index (χ1v) is 22.5. The minimum Gasteiger partial charge on any atom is -0.478 e. The highest BCUT2D eigenvalue weighted by Gasteiger charge is 2.50. The SMILES string of the molecule is C[Si](C)(C)O[Si](CCC(CC(F)(F)F)OC(=O)C=CC(=O)O)(O[Si](C)(C)C)O[Si](C)(C)C. The van der Waals surface area contributed by atoms with E-state index in [0.717, 1.165) is 0 Å². The zero-order chi connectivity index (χ0) is 25.6. The number of carbonyl (C=O) groups is 2. The van der Waals surface area contributed by atoms with Gasteiger partial charge in [-0.15, -0.1) is 0 Å². The standard InChI is InChI=1S/C18H37F3O7Si4/c1-29(2,3)26-32(27-30(4,5)6,28-31(7,8)9)13-12-15(14-18(19,20)21)25-17(24)11-10-16(22)23/h10-11,15H,12-14H2,1-9H3,(H,22,23). The van der Waals surface area contributed by atoms with Crippen LogP contribution in [0.25, 0.3) is 0 Å². The number of aliphatic carboxylic acids is 1. The molecule has 0 aromatic carbocycles. The van der Waals surface area contributed by atoms with E-state index in [9.17, 15) is 22.8 Å². The Morgan fingerprint density at radius 3 is 1.56 bits per heavy atom. The van der Waals surface area contributed by atoms with Gasteiger partial charge in [0.05, 0.1) is 6.42 Å². The maximum Gasteiger partial charge on any atom is 0.469 e. The van der Waals surface area contributed by atoms with Crippen LogP contribution in [0.5, 0.6) is 0 Å². The summed E-state index contributed by atoms with van der Waals surface area (Å²) in [4.78, 5) is 22.4. The van der Waals surface area contributed by atoms with Gasteiger partial charge in [-0.05, 0) is 65.3 Å². The van der Waals surface area contributed by atoms with Crippen LogP contribution in [0.3, 0.4) is 0 Å². The van der Waals surface area contributed by atoms with Crippen molar-refractivity contribution < 1.29 is 44.9 Å². The number of alkyl halides is 3. The largest absolute Gasteiger partial charge is 0.478 e. The van der Waals surface area contributed by atoms with Gasteiger partial charge in [0, 0.05) is 18.2 Å². The number of ether oxygens (including phenoxy) is 1. The van der Waals surface area contributed by atoms with Gasteiger partial charge in [-0.2, -0.15) is 13.2 Å². The van der Waals surface area contributed by atoms with Crippen molar-refractivity contribution in [2.24, 2.45) is 0 Å². The number of hydrogen-bond donors (Lipinski definition) is 1. The number of carbonyl (C=O) groups excluding carboxylic acids is 1. The van der Waals surface area contributed by atoms with Crippen molar-refractivity contribution in [2.45, 2.75) is 90.1 Å². The van der Waals surface area contributed by atoms with Crippen LogP contribution in [0, 0.1) is 0 Å². The fourth-order valence-corrected chi connectivity index (χ4v) is 17.5. The van der Waals surface area contributed by atoms with Gasteiger partial charge in [0.1, 0.15) is 6.10 Å². The topological polar surface area (TPSA) is 91.3 Å². The third-order valence-corrected chi connectivity index (χ3v) is 15.2. The number of carboxylic acids is 1. The first-order valence-electron chi connectivity index (χ1n) is 10.3. The van der Waals surface area contributed by atoms with Crippen LogP contribution in [0.1, 0.15) is 12.8 Å². The molecule has 0 rings (SSSR count). The summed E-state index contributed by atoms with van der Waals surface area (Å²) < 4.78 is 63.7. The minimum atomic E-state index is -4.58. The summed E-state index contributed by atoms with van der Waals surface area (Å²) >= 11 is 0. The molecule has 14 heteroatoms. The first-order chi connectivity index (χ1) is 14.0. The van der Waals surface area contributed by atoms with Gasteiger partial charge in [0.25, 0.3) is 0 Å². The Morgan fingerprint density at radius 1 is 0.844 bits per heavy atom. The highest BCUT2D eigenvalue weighted by molar-refractivity contribution is 6.90. The van der Waals surface area contributed by atoms with Crippen LogP contribution in [-0.2, 0) is 26.7 Å². The van der Waals surface area contributed by atoms with Crippen molar-refractivity contribution in [1.29, 1.82) is 0 Å². The molecule has 1 atom stereocenters. The molecule has 0 heterocycles. The van der Waals surface area contributed by atoms with E-state index in [1.54, 1.807) is 0 Å². The number of rotatable bonds is 13. The van der Waals surface area contributed by atoms with E-state index < -0.39 is 64.4 Å². The first kappa shape index (κ1) is 31.2. The number of halogens is 3. The second-order valence-corrected chi connectivity index (χ2v) is 27.4. The molecule has 0 saturated carbocycles. The molecule has 0 amide bonds. The summed E-state index contributed by atoms with van der Waals surface area (Å²) in [5.74, 6) is -2.56. The van der Waals surface area contributed by atoms with Crippen LogP contribution in [-0.4, -0.2) is 63.1 Å². The number of esters is 1. The normalized spacial score (nSPS) is 15.1. The molecule has 1 unspecified atom stereocenters. The Kier molecular flexibility index (Phi) is 11.3. The van der Waals surface area contributed by atoms with Gasteiger partial charge in [0.15, 0.2) is 25.0 Å². The molecule has 0 spiro atoms. The molecule has 0 aliphatic carbocycles. The lowest BCUT2D eigenvalue weighted by Gasteiger charge is -2.43. The van der Waals surface area contributed by atoms with Crippen molar-refractivity contribution in [2.75, 3.05) is 0 Å². The van der Waals surface area contributed by atoms with E-state index in [1.807, 2.05) is 58.9 Å². The molecule has 32 heavy (non-hydrogen) atoms. The van der Waals surface area contributed by atoms with Crippen molar-refractivity contribution in [3.63, 3.8) is 0 Å². The predicted molar refractivity (Wildman–Crippen MR) is 126 cm³/mol. The Morgan fingerprint density at radius 2 is 1.25 bits per heavy atom. The van der Waals surface area contributed by atoms with E-state index in [-0.39, 0.29) is 12.5 Å². The van der Waals surface area contributed by atoms with E-state index >= 15 is 0 Å². The predicted octanol–water partition coefficient (Wildman–Crippen LogP) is 5.37. The van der Waals surface area contributed by atoms with E-state index in [0.29, 0.717) is 12.2 Å². The summed E-state index contributed by atoms with van der Waals surface area (Å²) in [6, 6.07) is 0.0580. The van der Waals surface area contributed by atoms with Gasteiger partial charge < -0.3 is 22.2 Å². The second kappa shape index (κ2) is 11.6. The van der Waals surface area contributed by atoms with Gasteiger partial charge in [-0.3, -0.25) is 0 Å². The maximum atomic E-state index is 13.1. The van der Waals surface area contributed by atoms with Crippen LogP contribution in [0.15, 0.2) is 12.2 Å². The van der Waals surface area contributed by atoms with E-state index in [4.69, 9.17) is 22.2 Å². The molecular weight excluding hydrogens is 498 g/mol. The molecule has 0 aromatic heterocycles. The molecule has 0 aliphatic heterocycles. The zero-order valence-electron chi connectivity index (χ0n) is 20.4. The summed E-state index contributed by atoms with van der Waals surface area (Å²) in [6.45, 7) is 17.6. The highest BCUT2D eigenvalue weighted by Crippen LogP contribution is 2.33. The Hall–Kier alpha value is -0.782. The minimum absolute atomic E-state index is 0.0580. The van der Waals surface area contributed by atoms with Crippen LogP contribution >= 0.6 is 0 Å². The van der Waals surface area contributed by atoms with Crippen molar-refractivity contribution >= 4 is 45.7 Å². The number of carboxylic acid groups (broad SMARTS) is 1. The fourth-order valence-electron chi connectivity index (χ4n) is 2.76. The van der Waals surface area contributed by atoms with Crippen molar-refractivity contribution in [3.8, 4) is 0 Å². The third kappa shape index (κ3) is 16.8. The van der Waals surface area contributed by atoms with Crippen LogP contribution in [0.2, 0.25) is 65.0 Å². The maximum absolute atomic E-state index is 13.1. The average molecular weight is 535 g/mol. The molecule has 0 aromatic rings. The van der Waals surface area contributed by atoms with Gasteiger partial charge >= 0.3 is 26.9 Å². The Labute approximate surface area is 193 Å². The summed E-state index contributed by atoms with van der Waals surface area (Å²) in [7, 11) is -10.1. The second-order valence-electron chi connectivity index (χ2n) is 10.4. The van der Waals surface area contributed by atoms with Gasteiger partial charge in [0.2, 0.25) is 0 Å². The Balaban J connectivity index is 5.94. The Bertz CT molecular complexity index is 625.